The molecule has 0 spiro atoms. The van der Waals surface area contributed by atoms with Gasteiger partial charge in [0.2, 0.25) is 0 Å². The Morgan fingerprint density at radius 1 is 0.571 bits per heavy atom. The highest BCUT2D eigenvalue weighted by Crippen LogP contribution is 2.57. The van der Waals surface area contributed by atoms with Crippen LogP contribution in [0.25, 0.3) is 0 Å². The lowest BCUT2D eigenvalue weighted by molar-refractivity contribution is -0.238. The average molecular weight is 670 g/mol. The Kier molecular flexibility index (Phi) is 11.6. The second-order valence-corrected chi connectivity index (χ2v) is 14.4. The molecule has 4 rings (SSSR count). The van der Waals surface area contributed by atoms with E-state index in [1.807, 2.05) is 12.1 Å². The molecule has 1 aromatic rings. The number of nitrogens with one attached hydrogen (secondary N) is 1. The number of hydrogen-bond donors (Lipinski definition) is 1. The first-order valence-electron chi connectivity index (χ1n) is 14.6. The monoisotopic (exact) mass is 669 g/mol. The topological polar surface area (TPSA) is 21.3 Å². The molecule has 1 N–H and O–H groups in total. The maximum absolute atomic E-state index is 14.9. The van der Waals surface area contributed by atoms with Gasteiger partial charge in [0.05, 0.1) is 0 Å². The molecule has 240 valence electrons. The van der Waals surface area contributed by atoms with Crippen LogP contribution in [-0.2, 0) is 0 Å². The molecule has 0 heterocycles. The van der Waals surface area contributed by atoms with Crippen molar-refractivity contribution >= 4 is 35.9 Å². The number of hydrogen-bond acceptors (Lipinski definition) is 5. The Hall–Kier alpha value is -0.600. The minimum Gasteiger partial charge on any atom is -0.419 e. The maximum Gasteiger partial charge on any atom is 0.456 e. The van der Waals surface area contributed by atoms with Gasteiger partial charge in [-0.05, 0) is 73.0 Å². The maximum atomic E-state index is 14.9. The summed E-state index contributed by atoms with van der Waals surface area (Å²) in [5.74, 6) is -5.74. The van der Waals surface area contributed by atoms with E-state index in [1.54, 1.807) is 0 Å². The number of halogens is 9. The fourth-order valence-electron chi connectivity index (χ4n) is 6.40. The van der Waals surface area contributed by atoms with Gasteiger partial charge in [0.15, 0.2) is 0 Å². The Morgan fingerprint density at radius 2 is 1.00 bits per heavy atom. The van der Waals surface area contributed by atoms with Crippen molar-refractivity contribution in [3.05, 3.63) is 28.8 Å². The van der Waals surface area contributed by atoms with E-state index in [9.17, 15) is 39.5 Å². The van der Waals surface area contributed by atoms with E-state index >= 15 is 0 Å². The van der Waals surface area contributed by atoms with Gasteiger partial charge in [-0.15, -0.1) is 0 Å². The van der Waals surface area contributed by atoms with Crippen LogP contribution in [0.4, 0.5) is 39.5 Å². The van der Waals surface area contributed by atoms with E-state index < -0.39 is 57.9 Å². The van der Waals surface area contributed by atoms with Crippen molar-refractivity contribution < 1.29 is 43.7 Å². The molecule has 3 aliphatic rings. The molecule has 0 bridgehead atoms. The molecule has 1 aromatic carbocycles. The van der Waals surface area contributed by atoms with Gasteiger partial charge >= 0.3 is 21.9 Å². The van der Waals surface area contributed by atoms with Gasteiger partial charge in [-0.3, -0.25) is 0 Å². The smallest absolute Gasteiger partial charge is 0.419 e. The summed E-state index contributed by atoms with van der Waals surface area (Å²) in [4.78, 5) is 0. The van der Waals surface area contributed by atoms with E-state index in [1.165, 1.54) is 0 Å². The highest BCUT2D eigenvalue weighted by molar-refractivity contribution is 8.13. The molecule has 0 amide bonds. The molecule has 0 aromatic heterocycles. The molecule has 14 heteroatoms. The lowest BCUT2D eigenvalue weighted by Gasteiger charge is -2.33. The Labute approximate surface area is 253 Å². The zero-order chi connectivity index (χ0) is 30.6. The number of alkyl halides is 9. The molecule has 3 fully saturated rings. The second-order valence-electron chi connectivity index (χ2n) is 11.5. The first-order valence-corrected chi connectivity index (χ1v) is 16.9. The Morgan fingerprint density at radius 3 is 1.43 bits per heavy atom. The van der Waals surface area contributed by atoms with Crippen LogP contribution in [0.15, 0.2) is 12.1 Å². The summed E-state index contributed by atoms with van der Waals surface area (Å²) in [6, 6.07) is 3.93. The van der Waals surface area contributed by atoms with E-state index in [4.69, 9.17) is 4.18 Å². The van der Waals surface area contributed by atoms with Crippen LogP contribution >= 0.6 is 35.9 Å². The summed E-state index contributed by atoms with van der Waals surface area (Å²) in [6.07, 6.45) is 14.2. The van der Waals surface area contributed by atoms with Crippen LogP contribution in [0.3, 0.4) is 0 Å². The molecule has 0 unspecified atom stereocenters. The molecule has 0 saturated heterocycles. The van der Waals surface area contributed by atoms with Crippen molar-refractivity contribution in [2.75, 3.05) is 0 Å². The summed E-state index contributed by atoms with van der Waals surface area (Å²) in [7, 11) is 0. The highest BCUT2D eigenvalue weighted by Gasteiger charge is 2.74. The lowest BCUT2D eigenvalue weighted by atomic mass is 9.75. The fraction of sp³-hybridized carbons (Fsp3) is 0.786. The third-order valence-electron chi connectivity index (χ3n) is 8.62. The van der Waals surface area contributed by atoms with Gasteiger partial charge in [0.25, 0.3) is 0 Å². The van der Waals surface area contributed by atoms with E-state index in [0.29, 0.717) is 17.0 Å². The van der Waals surface area contributed by atoms with Crippen LogP contribution in [0.1, 0.15) is 131 Å². The van der Waals surface area contributed by atoms with Crippen LogP contribution in [-0.4, -0.2) is 21.9 Å². The quantitative estimate of drug-likeness (QED) is 0.143. The molecule has 0 aliphatic heterocycles. The highest BCUT2D eigenvalue weighted by atomic mass is 32.2. The van der Waals surface area contributed by atoms with Gasteiger partial charge in [0, 0.05) is 23.9 Å². The molecule has 0 atom stereocenters. The first-order chi connectivity index (χ1) is 19.7. The molecule has 3 saturated carbocycles. The van der Waals surface area contributed by atoms with Crippen molar-refractivity contribution in [3.8, 4) is 5.75 Å². The van der Waals surface area contributed by atoms with E-state index in [2.05, 4.69) is 0 Å². The lowest BCUT2D eigenvalue weighted by Crippen LogP contribution is -2.51. The zero-order valence-electron chi connectivity index (χ0n) is 23.0. The van der Waals surface area contributed by atoms with Gasteiger partial charge in [-0.1, -0.05) is 69.9 Å². The second kappa shape index (κ2) is 14.2. The van der Waals surface area contributed by atoms with Gasteiger partial charge in [-0.25, -0.2) is 0 Å². The first kappa shape index (κ1) is 34.3. The van der Waals surface area contributed by atoms with Gasteiger partial charge < -0.3 is 4.18 Å². The van der Waals surface area contributed by atoms with Crippen molar-refractivity contribution in [1.29, 1.82) is 0 Å². The molecule has 42 heavy (non-hydrogen) atoms. The van der Waals surface area contributed by atoms with Gasteiger partial charge in [-0.2, -0.15) is 43.6 Å². The van der Waals surface area contributed by atoms with Crippen LogP contribution in [0, 0.1) is 0 Å². The average Bonchev–Trinajstić information content (AvgIpc) is 2.96. The van der Waals surface area contributed by atoms with Crippen molar-refractivity contribution in [2.24, 2.45) is 0 Å². The minimum absolute atomic E-state index is 0.0325. The predicted octanol–water partition coefficient (Wildman–Crippen LogP) is 12.1. The molecular formula is C28H36F9NOS3. The summed E-state index contributed by atoms with van der Waals surface area (Å²) < 4.78 is 131. The SMILES string of the molecule is FC(F)(F)SNSC(F)(F)C(F)(F)C(F)(F)SOc1c(C2CCCCC2)cc(C2CCCCC2)cc1C1CCCCC1. The van der Waals surface area contributed by atoms with Crippen molar-refractivity contribution in [3.63, 3.8) is 0 Å². The Bertz CT molecular complexity index is 983. The largest absolute Gasteiger partial charge is 0.456 e. The Balaban J connectivity index is 1.66. The summed E-state index contributed by atoms with van der Waals surface area (Å²) in [6.45, 7) is 0. The zero-order valence-corrected chi connectivity index (χ0v) is 25.5. The summed E-state index contributed by atoms with van der Waals surface area (Å²) >= 11 is -3.68. The standard InChI is InChI=1S/C28H36F9NOS3/c29-25(30,26(31,32)40-38-41-28(35,36)37)27(33,34)42-39-24-22(19-12-6-2-7-13-19)16-21(18-10-4-1-5-11-18)17-23(24)20-14-8-3-9-15-20/h16-20,38H,1-15H2. The summed E-state index contributed by atoms with van der Waals surface area (Å²) in [5.41, 5.74) is -2.63. The molecule has 3 aliphatic carbocycles. The third-order valence-corrected chi connectivity index (χ3v) is 10.7. The number of benzene rings is 1. The van der Waals surface area contributed by atoms with Crippen LogP contribution < -0.4 is 8.31 Å². The molecule has 0 radical (unpaired) electrons. The van der Waals surface area contributed by atoms with Crippen LogP contribution in [0.2, 0.25) is 0 Å². The number of rotatable bonds is 11. The third kappa shape index (κ3) is 8.35. The predicted molar refractivity (Wildman–Crippen MR) is 151 cm³/mol. The van der Waals surface area contributed by atoms with Crippen molar-refractivity contribution in [1.82, 2.24) is 4.13 Å². The van der Waals surface area contributed by atoms with Crippen LogP contribution in [0.5, 0.6) is 5.75 Å². The molecular weight excluding hydrogens is 633 g/mol. The van der Waals surface area contributed by atoms with E-state index in [-0.39, 0.29) is 17.6 Å². The fourth-order valence-corrected chi connectivity index (χ4v) is 8.30. The molecule has 2 nitrogen and oxygen atoms in total. The van der Waals surface area contributed by atoms with Crippen molar-refractivity contribution in [2.45, 2.75) is 136 Å². The normalized spacial score (nSPS) is 21.1. The van der Waals surface area contributed by atoms with E-state index in [0.717, 1.165) is 106 Å². The van der Waals surface area contributed by atoms with Gasteiger partial charge in [0.1, 0.15) is 17.8 Å². The minimum atomic E-state index is -6.04. The summed E-state index contributed by atoms with van der Waals surface area (Å²) in [5, 5.41) is -11.0.